The van der Waals surface area contributed by atoms with E-state index < -0.39 is 0 Å². The minimum Gasteiger partial charge on any atom is -0.486 e. The van der Waals surface area contributed by atoms with Gasteiger partial charge in [-0.15, -0.1) is 4.91 Å². The smallest absolute Gasteiger partial charge is 0.138 e. The molecule has 0 saturated carbocycles. The van der Waals surface area contributed by atoms with Crippen molar-refractivity contribution in [2.24, 2.45) is 5.18 Å². The van der Waals surface area contributed by atoms with Crippen LogP contribution in [0.3, 0.4) is 0 Å². The normalized spacial score (nSPS) is 9.94. The fourth-order valence-electron chi connectivity index (χ4n) is 1.30. The summed E-state index contributed by atoms with van der Waals surface area (Å²) in [5.74, 6) is 0.504. The second-order valence-electron chi connectivity index (χ2n) is 3.32. The summed E-state index contributed by atoms with van der Waals surface area (Å²) in [6.45, 7) is 0.328. The molecule has 5 heteroatoms. The summed E-state index contributed by atoms with van der Waals surface area (Å²) in [4.78, 5) is 14.4. The maximum Gasteiger partial charge on any atom is 0.138 e. The van der Waals surface area contributed by atoms with E-state index in [1.165, 1.54) is 6.07 Å². The van der Waals surface area contributed by atoms with Crippen molar-refractivity contribution < 1.29 is 4.74 Å². The lowest BCUT2D eigenvalue weighted by Gasteiger charge is -2.07. The van der Waals surface area contributed by atoms with E-state index in [4.69, 9.17) is 16.3 Å². The number of hydrogen-bond donors (Lipinski definition) is 0. The fourth-order valence-corrected chi connectivity index (χ4v) is 1.53. The first kappa shape index (κ1) is 11.5. The number of ether oxygens (including phenoxy) is 1. The largest absolute Gasteiger partial charge is 0.486 e. The van der Waals surface area contributed by atoms with Crippen LogP contribution in [0.15, 0.2) is 47.8 Å². The lowest BCUT2D eigenvalue weighted by atomic mass is 10.3. The number of hydrogen-bond acceptors (Lipinski definition) is 4. The van der Waals surface area contributed by atoms with Gasteiger partial charge in [-0.1, -0.05) is 17.7 Å². The van der Waals surface area contributed by atoms with Gasteiger partial charge < -0.3 is 4.74 Å². The Balaban J connectivity index is 2.07. The molecule has 0 saturated heterocycles. The fraction of sp³-hybridized carbons (Fsp3) is 0.0833. The molecule has 0 atom stereocenters. The van der Waals surface area contributed by atoms with Crippen molar-refractivity contribution in [3.63, 3.8) is 0 Å². The molecule has 0 unspecified atom stereocenters. The maximum atomic E-state index is 10.3. The summed E-state index contributed by atoms with van der Waals surface area (Å²) in [7, 11) is 0. The molecule has 0 spiro atoms. The quantitative estimate of drug-likeness (QED) is 0.775. The van der Waals surface area contributed by atoms with Crippen molar-refractivity contribution in [1.29, 1.82) is 0 Å². The zero-order valence-electron chi connectivity index (χ0n) is 8.84. The topological polar surface area (TPSA) is 51.5 Å². The molecular formula is C12H9ClN2O2. The molecule has 17 heavy (non-hydrogen) atoms. The maximum absolute atomic E-state index is 10.3. The van der Waals surface area contributed by atoms with Gasteiger partial charge in [-0.25, -0.2) is 0 Å². The van der Waals surface area contributed by atoms with Crippen molar-refractivity contribution in [3.05, 3.63) is 58.2 Å². The minimum atomic E-state index is 0.278. The van der Waals surface area contributed by atoms with E-state index in [9.17, 15) is 4.91 Å². The van der Waals surface area contributed by atoms with E-state index in [0.29, 0.717) is 17.4 Å². The second kappa shape index (κ2) is 5.41. The average Bonchev–Trinajstić information content (AvgIpc) is 2.38. The molecule has 1 aromatic heterocycles. The van der Waals surface area contributed by atoms with Crippen molar-refractivity contribution >= 4 is 17.3 Å². The highest BCUT2D eigenvalue weighted by Crippen LogP contribution is 2.29. The average molecular weight is 249 g/mol. The van der Waals surface area contributed by atoms with Crippen molar-refractivity contribution in [2.45, 2.75) is 6.61 Å². The Kier molecular flexibility index (Phi) is 3.67. The van der Waals surface area contributed by atoms with Crippen molar-refractivity contribution in [1.82, 2.24) is 4.98 Å². The van der Waals surface area contributed by atoms with Crippen LogP contribution >= 0.6 is 11.6 Å². The number of rotatable bonds is 4. The van der Waals surface area contributed by atoms with Crippen LogP contribution in [0.1, 0.15) is 5.69 Å². The third kappa shape index (κ3) is 3.01. The van der Waals surface area contributed by atoms with Crippen LogP contribution in [0.4, 0.5) is 5.69 Å². The first-order valence-electron chi connectivity index (χ1n) is 4.95. The number of benzene rings is 1. The third-order valence-corrected chi connectivity index (χ3v) is 2.42. The van der Waals surface area contributed by atoms with Crippen molar-refractivity contribution in [3.8, 4) is 5.75 Å². The Morgan fingerprint density at radius 2 is 2.18 bits per heavy atom. The van der Waals surface area contributed by atoms with Gasteiger partial charge in [0, 0.05) is 6.20 Å². The number of nitroso groups, excluding NO2 is 1. The summed E-state index contributed by atoms with van der Waals surface area (Å²) in [6.07, 6.45) is 1.69. The van der Waals surface area contributed by atoms with Gasteiger partial charge in [0.25, 0.3) is 0 Å². The SMILES string of the molecule is O=Nc1ccc(OCc2ccccn2)c(Cl)c1. The zero-order chi connectivity index (χ0) is 12.1. The lowest BCUT2D eigenvalue weighted by Crippen LogP contribution is -1.97. The number of aromatic nitrogens is 1. The molecule has 0 aliphatic carbocycles. The predicted molar refractivity (Wildman–Crippen MR) is 65.5 cm³/mol. The molecule has 0 N–H and O–H groups in total. The molecule has 4 nitrogen and oxygen atoms in total. The molecule has 0 fully saturated rings. The van der Waals surface area contributed by atoms with Crippen molar-refractivity contribution in [2.75, 3.05) is 0 Å². The van der Waals surface area contributed by atoms with E-state index in [-0.39, 0.29) is 5.69 Å². The Bertz CT molecular complexity index is 517. The Morgan fingerprint density at radius 1 is 1.29 bits per heavy atom. The lowest BCUT2D eigenvalue weighted by molar-refractivity contribution is 0.301. The van der Waals surface area contributed by atoms with Gasteiger partial charge in [0.15, 0.2) is 0 Å². The minimum absolute atomic E-state index is 0.278. The molecule has 2 aromatic rings. The van der Waals surface area contributed by atoms with Crippen LogP contribution in [-0.2, 0) is 6.61 Å². The van der Waals surface area contributed by atoms with Gasteiger partial charge in [-0.05, 0) is 35.5 Å². The Morgan fingerprint density at radius 3 is 2.82 bits per heavy atom. The van der Waals surface area contributed by atoms with E-state index in [1.807, 2.05) is 18.2 Å². The highest BCUT2D eigenvalue weighted by molar-refractivity contribution is 6.32. The van der Waals surface area contributed by atoms with Crippen LogP contribution in [0.5, 0.6) is 5.75 Å². The van der Waals surface area contributed by atoms with Gasteiger partial charge in [-0.2, -0.15) is 0 Å². The summed E-state index contributed by atoms with van der Waals surface area (Å²) in [5.41, 5.74) is 1.08. The molecule has 0 aliphatic rings. The molecule has 0 radical (unpaired) electrons. The molecule has 0 aliphatic heterocycles. The van der Waals surface area contributed by atoms with Crippen LogP contribution in [0.2, 0.25) is 5.02 Å². The first-order valence-corrected chi connectivity index (χ1v) is 5.33. The monoisotopic (exact) mass is 248 g/mol. The highest BCUT2D eigenvalue weighted by Gasteiger charge is 2.04. The number of pyridine rings is 1. The third-order valence-electron chi connectivity index (χ3n) is 2.12. The highest BCUT2D eigenvalue weighted by atomic mass is 35.5. The molecular weight excluding hydrogens is 240 g/mol. The van der Waals surface area contributed by atoms with Gasteiger partial charge in [0.2, 0.25) is 0 Å². The van der Waals surface area contributed by atoms with Crippen LogP contribution in [-0.4, -0.2) is 4.98 Å². The van der Waals surface area contributed by atoms with Crippen LogP contribution in [0.25, 0.3) is 0 Å². The molecule has 1 aromatic carbocycles. The van der Waals surface area contributed by atoms with Gasteiger partial charge in [-0.3, -0.25) is 4.98 Å². The van der Waals surface area contributed by atoms with E-state index in [2.05, 4.69) is 10.2 Å². The molecule has 2 rings (SSSR count). The Hall–Kier alpha value is -1.94. The second-order valence-corrected chi connectivity index (χ2v) is 3.72. The summed E-state index contributed by atoms with van der Waals surface area (Å²) >= 11 is 5.93. The first-order chi connectivity index (χ1) is 8.29. The summed E-state index contributed by atoms with van der Waals surface area (Å²) < 4.78 is 5.48. The van der Waals surface area contributed by atoms with E-state index in [1.54, 1.807) is 18.3 Å². The Labute approximate surface area is 103 Å². The summed E-state index contributed by atoms with van der Waals surface area (Å²) in [5, 5.41) is 3.15. The zero-order valence-corrected chi connectivity index (χ0v) is 9.59. The molecule has 0 bridgehead atoms. The number of nitrogens with zero attached hydrogens (tertiary/aromatic N) is 2. The van der Waals surface area contributed by atoms with Gasteiger partial charge in [0.05, 0.1) is 10.7 Å². The van der Waals surface area contributed by atoms with E-state index in [0.717, 1.165) is 5.69 Å². The molecule has 1 heterocycles. The van der Waals surface area contributed by atoms with E-state index >= 15 is 0 Å². The molecule has 86 valence electrons. The van der Waals surface area contributed by atoms with Crippen LogP contribution < -0.4 is 4.74 Å². The number of halogens is 1. The van der Waals surface area contributed by atoms with Gasteiger partial charge >= 0.3 is 0 Å². The predicted octanol–water partition coefficient (Wildman–Crippen LogP) is 3.71. The molecule has 0 amide bonds. The van der Waals surface area contributed by atoms with Gasteiger partial charge in [0.1, 0.15) is 18.0 Å². The summed E-state index contributed by atoms with van der Waals surface area (Å²) in [6, 6.07) is 10.2. The standard InChI is InChI=1S/C12H9ClN2O2/c13-11-7-9(15-16)4-5-12(11)17-8-10-3-1-2-6-14-10/h1-7H,8H2. The van der Waals surface area contributed by atoms with Crippen LogP contribution in [0, 0.1) is 4.91 Å².